The van der Waals surface area contributed by atoms with Crippen LogP contribution in [0.15, 0.2) is 18.2 Å². The Bertz CT molecular complexity index is 968. The molecule has 3 aromatic rings. The van der Waals surface area contributed by atoms with E-state index in [1.807, 2.05) is 23.1 Å². The standard InChI is InChI=1S/C19H23N7O/c27-19(14-5-6-15-16(12-14)21-24-20-15)25-10-7-13(8-11-25)18-23-22-17-4-2-1-3-9-26(17)18/h5-6,12-13H,1-4,7-11H2,(H,20,21,24). The van der Waals surface area contributed by atoms with Crippen LogP contribution in [-0.4, -0.2) is 54.1 Å². The number of likely N-dealkylation sites (tertiary alicyclic amines) is 1. The van der Waals surface area contributed by atoms with Gasteiger partial charge in [0.2, 0.25) is 0 Å². The van der Waals surface area contributed by atoms with Crippen molar-refractivity contribution in [2.45, 2.75) is 51.0 Å². The lowest BCUT2D eigenvalue weighted by Crippen LogP contribution is -2.38. The van der Waals surface area contributed by atoms with Crippen LogP contribution in [0.2, 0.25) is 0 Å². The molecule has 5 rings (SSSR count). The van der Waals surface area contributed by atoms with Crippen LogP contribution >= 0.6 is 0 Å². The molecule has 2 aromatic heterocycles. The third-order valence-electron chi connectivity index (χ3n) is 5.85. The molecule has 1 fully saturated rings. The zero-order chi connectivity index (χ0) is 18.2. The molecule has 1 aromatic carbocycles. The van der Waals surface area contributed by atoms with Gasteiger partial charge >= 0.3 is 0 Å². The molecule has 27 heavy (non-hydrogen) atoms. The lowest BCUT2D eigenvalue weighted by molar-refractivity contribution is 0.0710. The molecular formula is C19H23N7O. The predicted molar refractivity (Wildman–Crippen MR) is 99.3 cm³/mol. The number of aromatic amines is 1. The van der Waals surface area contributed by atoms with E-state index in [1.54, 1.807) is 0 Å². The van der Waals surface area contributed by atoms with Crippen molar-refractivity contribution in [3.63, 3.8) is 0 Å². The van der Waals surface area contributed by atoms with Crippen LogP contribution in [0.1, 0.15) is 60.0 Å². The molecule has 0 unspecified atom stereocenters. The van der Waals surface area contributed by atoms with E-state index < -0.39 is 0 Å². The number of nitrogens with zero attached hydrogens (tertiary/aromatic N) is 6. The first kappa shape index (κ1) is 16.4. The molecule has 2 aliphatic rings. The first-order valence-electron chi connectivity index (χ1n) is 9.81. The van der Waals surface area contributed by atoms with Crippen molar-refractivity contribution in [3.05, 3.63) is 35.4 Å². The fraction of sp³-hybridized carbons (Fsp3) is 0.526. The lowest BCUT2D eigenvalue weighted by Gasteiger charge is -2.31. The van der Waals surface area contributed by atoms with Crippen LogP contribution in [0, 0.1) is 0 Å². The summed E-state index contributed by atoms with van der Waals surface area (Å²) in [6.45, 7) is 2.54. The van der Waals surface area contributed by atoms with Crippen LogP contribution in [-0.2, 0) is 13.0 Å². The Morgan fingerprint density at radius 3 is 2.74 bits per heavy atom. The van der Waals surface area contributed by atoms with Gasteiger partial charge in [0.25, 0.3) is 5.91 Å². The van der Waals surface area contributed by atoms with Crippen LogP contribution in [0.5, 0.6) is 0 Å². The fourth-order valence-corrected chi connectivity index (χ4v) is 4.31. The summed E-state index contributed by atoms with van der Waals surface area (Å²) in [6, 6.07) is 5.48. The number of H-pyrrole nitrogens is 1. The molecule has 140 valence electrons. The van der Waals surface area contributed by atoms with Crippen molar-refractivity contribution in [1.82, 2.24) is 35.1 Å². The minimum atomic E-state index is 0.0680. The summed E-state index contributed by atoms with van der Waals surface area (Å²) in [5, 5.41) is 19.7. The highest BCUT2D eigenvalue weighted by atomic mass is 16.2. The van der Waals surface area contributed by atoms with E-state index in [-0.39, 0.29) is 5.91 Å². The van der Waals surface area contributed by atoms with Crippen molar-refractivity contribution in [2.24, 2.45) is 0 Å². The Morgan fingerprint density at radius 1 is 1.00 bits per heavy atom. The van der Waals surface area contributed by atoms with Gasteiger partial charge in [-0.3, -0.25) is 4.79 Å². The monoisotopic (exact) mass is 365 g/mol. The summed E-state index contributed by atoms with van der Waals surface area (Å²) in [5.74, 6) is 2.73. The quantitative estimate of drug-likeness (QED) is 0.752. The van der Waals surface area contributed by atoms with Crippen molar-refractivity contribution in [3.8, 4) is 0 Å². The largest absolute Gasteiger partial charge is 0.339 e. The predicted octanol–water partition coefficient (Wildman–Crippen LogP) is 2.30. The van der Waals surface area contributed by atoms with E-state index in [2.05, 4.69) is 30.2 Å². The number of piperidine rings is 1. The van der Waals surface area contributed by atoms with Crippen LogP contribution in [0.4, 0.5) is 0 Å². The minimum absolute atomic E-state index is 0.0680. The van der Waals surface area contributed by atoms with E-state index in [1.165, 1.54) is 19.3 Å². The average molecular weight is 365 g/mol. The highest BCUT2D eigenvalue weighted by Crippen LogP contribution is 2.29. The molecule has 4 heterocycles. The molecular weight excluding hydrogens is 342 g/mol. The van der Waals surface area contributed by atoms with Gasteiger partial charge in [0.1, 0.15) is 22.7 Å². The molecule has 1 saturated heterocycles. The highest BCUT2D eigenvalue weighted by molar-refractivity contribution is 5.97. The van der Waals surface area contributed by atoms with E-state index in [0.717, 1.165) is 61.6 Å². The summed E-state index contributed by atoms with van der Waals surface area (Å²) in [4.78, 5) is 14.8. The Labute approximate surface area is 157 Å². The SMILES string of the molecule is O=C(c1ccc2n[nH]nc2c1)N1CCC(c2nnc3n2CCCCC3)CC1. The maximum absolute atomic E-state index is 12.9. The van der Waals surface area contributed by atoms with Crippen LogP contribution in [0.25, 0.3) is 11.0 Å². The zero-order valence-corrected chi connectivity index (χ0v) is 15.3. The number of amides is 1. The van der Waals surface area contributed by atoms with Crippen molar-refractivity contribution in [1.29, 1.82) is 0 Å². The molecule has 2 aliphatic heterocycles. The van der Waals surface area contributed by atoms with E-state index in [0.29, 0.717) is 11.5 Å². The smallest absolute Gasteiger partial charge is 0.253 e. The first-order chi connectivity index (χ1) is 13.3. The van der Waals surface area contributed by atoms with Gasteiger partial charge in [0, 0.05) is 37.5 Å². The van der Waals surface area contributed by atoms with Gasteiger partial charge in [-0.25, -0.2) is 0 Å². The van der Waals surface area contributed by atoms with Crippen molar-refractivity contribution >= 4 is 16.9 Å². The average Bonchev–Trinajstić information content (AvgIpc) is 3.28. The molecule has 0 saturated carbocycles. The topological polar surface area (TPSA) is 92.6 Å². The van der Waals surface area contributed by atoms with Gasteiger partial charge in [0.05, 0.1) is 0 Å². The van der Waals surface area contributed by atoms with Gasteiger partial charge in [-0.15, -0.1) is 10.2 Å². The maximum Gasteiger partial charge on any atom is 0.253 e. The molecule has 0 radical (unpaired) electrons. The maximum atomic E-state index is 12.9. The van der Waals surface area contributed by atoms with Crippen LogP contribution in [0.3, 0.4) is 0 Å². The van der Waals surface area contributed by atoms with E-state index >= 15 is 0 Å². The van der Waals surface area contributed by atoms with Gasteiger partial charge in [-0.2, -0.15) is 15.4 Å². The molecule has 8 heteroatoms. The van der Waals surface area contributed by atoms with Crippen molar-refractivity contribution in [2.75, 3.05) is 13.1 Å². The molecule has 0 bridgehead atoms. The third-order valence-corrected chi connectivity index (χ3v) is 5.85. The molecule has 0 aliphatic carbocycles. The Morgan fingerprint density at radius 2 is 1.85 bits per heavy atom. The van der Waals surface area contributed by atoms with Gasteiger partial charge in [0.15, 0.2) is 0 Å². The third kappa shape index (κ3) is 2.98. The lowest BCUT2D eigenvalue weighted by atomic mass is 9.95. The molecule has 1 N–H and O–H groups in total. The number of hydrogen-bond acceptors (Lipinski definition) is 5. The second-order valence-corrected chi connectivity index (χ2v) is 7.53. The van der Waals surface area contributed by atoms with Crippen molar-refractivity contribution < 1.29 is 4.79 Å². The summed E-state index contributed by atoms with van der Waals surface area (Å²) >= 11 is 0. The number of fused-ring (bicyclic) bond motifs is 2. The highest BCUT2D eigenvalue weighted by Gasteiger charge is 2.29. The van der Waals surface area contributed by atoms with Gasteiger partial charge in [-0.05, 0) is 43.9 Å². The zero-order valence-electron chi connectivity index (χ0n) is 15.3. The number of aromatic nitrogens is 6. The fourth-order valence-electron chi connectivity index (χ4n) is 4.31. The van der Waals surface area contributed by atoms with E-state index in [4.69, 9.17) is 0 Å². The molecule has 1 amide bonds. The number of aryl methyl sites for hydroxylation is 1. The summed E-state index contributed by atoms with van der Waals surface area (Å²) < 4.78 is 2.34. The second kappa shape index (κ2) is 6.75. The number of carbonyl (C=O) groups is 1. The number of carbonyl (C=O) groups excluding carboxylic acids is 1. The summed E-state index contributed by atoms with van der Waals surface area (Å²) in [6.07, 6.45) is 6.60. The summed E-state index contributed by atoms with van der Waals surface area (Å²) in [7, 11) is 0. The second-order valence-electron chi connectivity index (χ2n) is 7.53. The summed E-state index contributed by atoms with van der Waals surface area (Å²) in [5.41, 5.74) is 2.17. The Hall–Kier alpha value is -2.77. The van der Waals surface area contributed by atoms with Crippen LogP contribution < -0.4 is 0 Å². The first-order valence-corrected chi connectivity index (χ1v) is 9.81. The normalized spacial score (nSPS) is 18.4. The van der Waals surface area contributed by atoms with E-state index in [9.17, 15) is 4.79 Å². The minimum Gasteiger partial charge on any atom is -0.339 e. The molecule has 0 atom stereocenters. The molecule has 8 nitrogen and oxygen atoms in total. The number of benzene rings is 1. The van der Waals surface area contributed by atoms with Gasteiger partial charge in [-0.1, -0.05) is 6.42 Å². The Kier molecular flexibility index (Phi) is 4.10. The number of nitrogens with one attached hydrogen (secondary N) is 1. The van der Waals surface area contributed by atoms with Gasteiger partial charge < -0.3 is 9.47 Å². The number of hydrogen-bond donors (Lipinski definition) is 1. The molecule has 0 spiro atoms. The number of rotatable bonds is 2. The Balaban J connectivity index is 1.28.